The number of ether oxygens (including phenoxy) is 3. The van der Waals surface area contributed by atoms with Gasteiger partial charge >= 0.3 is 35.8 Å². The van der Waals surface area contributed by atoms with E-state index in [2.05, 4.69) is 14.2 Å². The zero-order chi connectivity index (χ0) is 17.6. The van der Waals surface area contributed by atoms with Crippen molar-refractivity contribution in [3.05, 3.63) is 0 Å². The van der Waals surface area contributed by atoms with Gasteiger partial charge in [0.25, 0.3) is 0 Å². The first-order valence-electron chi connectivity index (χ1n) is 5.45. The second-order valence-electron chi connectivity index (χ2n) is 3.26. The summed E-state index contributed by atoms with van der Waals surface area (Å²) in [6.45, 7) is 7.09. The Kier molecular flexibility index (Phi) is 21.8. The van der Waals surface area contributed by atoms with Gasteiger partial charge in [-0.25, -0.2) is 0 Å². The molecule has 0 saturated heterocycles. The Bertz CT molecular complexity index is 317. The van der Waals surface area contributed by atoms with Gasteiger partial charge in [0, 0.05) is 58.9 Å². The molecule has 0 rings (SSSR count). The number of carbonyl (C=O) groups excluding carboxylic acids is 6. The largest absolute Gasteiger partial charge is 0.394 e. The van der Waals surface area contributed by atoms with E-state index in [-0.39, 0.29) is 17.4 Å². The second-order valence-corrected chi connectivity index (χ2v) is 3.26. The highest BCUT2D eigenvalue weighted by Crippen LogP contribution is 1.75. The molecular weight excluding hydrogens is 315 g/mol. The van der Waals surface area contributed by atoms with Crippen LogP contribution < -0.4 is 0 Å². The van der Waals surface area contributed by atoms with Crippen molar-refractivity contribution in [3.63, 3.8) is 0 Å². The topological polar surface area (TPSA) is 130 Å². The van der Waals surface area contributed by atoms with E-state index < -0.39 is 35.8 Å². The van der Waals surface area contributed by atoms with Crippen LogP contribution in [0.15, 0.2) is 0 Å². The highest BCUT2D eigenvalue weighted by Gasteiger charge is 1.94. The zero-order valence-corrected chi connectivity index (χ0v) is 14.4. The van der Waals surface area contributed by atoms with Gasteiger partial charge in [0.2, 0.25) is 0 Å². The summed E-state index contributed by atoms with van der Waals surface area (Å²) < 4.78 is 11.9. The fraction of sp³-hybridized carbons (Fsp3) is 0.500. The highest BCUT2D eigenvalue weighted by atomic mass is 27.0. The lowest BCUT2D eigenvalue weighted by molar-refractivity contribution is -0.158. The Labute approximate surface area is 138 Å². The number of rotatable bonds is 0. The first-order valence-corrected chi connectivity index (χ1v) is 5.45. The Morgan fingerprint density at radius 1 is 0.409 bits per heavy atom. The van der Waals surface area contributed by atoms with Crippen molar-refractivity contribution in [3.8, 4) is 0 Å². The van der Waals surface area contributed by atoms with Crippen LogP contribution in [0, 0.1) is 0 Å². The number of carbonyl (C=O) groups is 6. The van der Waals surface area contributed by atoms with Gasteiger partial charge in [-0.3, -0.25) is 28.8 Å². The molecule has 0 aromatic carbocycles. The van der Waals surface area contributed by atoms with Gasteiger partial charge < -0.3 is 14.2 Å². The molecule has 9 nitrogen and oxygen atoms in total. The average molecular weight is 333 g/mol. The third kappa shape index (κ3) is 52.1. The van der Waals surface area contributed by atoms with Crippen molar-refractivity contribution in [2.24, 2.45) is 0 Å². The minimum Gasteiger partial charge on any atom is -0.394 e. The van der Waals surface area contributed by atoms with E-state index in [1.807, 2.05) is 0 Å². The van der Waals surface area contributed by atoms with Gasteiger partial charge in [0.1, 0.15) is 0 Å². The van der Waals surface area contributed by atoms with Gasteiger partial charge in [-0.1, -0.05) is 0 Å². The molecule has 0 heterocycles. The van der Waals surface area contributed by atoms with Crippen LogP contribution in [0.1, 0.15) is 41.5 Å². The van der Waals surface area contributed by atoms with Gasteiger partial charge in [0.05, 0.1) is 0 Å². The minimum atomic E-state index is -0.562. The van der Waals surface area contributed by atoms with E-state index in [1.54, 1.807) is 0 Å². The molecule has 123 valence electrons. The van der Waals surface area contributed by atoms with Crippen LogP contribution in [0.5, 0.6) is 0 Å². The maximum Gasteiger partial charge on any atom is 0.310 e. The van der Waals surface area contributed by atoms with Gasteiger partial charge in [-0.2, -0.15) is 0 Å². The molecule has 22 heavy (non-hydrogen) atoms. The molecule has 0 aliphatic carbocycles. The summed E-state index contributed by atoms with van der Waals surface area (Å²) >= 11 is 0. The lowest BCUT2D eigenvalue weighted by Crippen LogP contribution is -2.03. The van der Waals surface area contributed by atoms with E-state index in [0.29, 0.717) is 0 Å². The summed E-state index contributed by atoms with van der Waals surface area (Å²) in [5, 5.41) is 0. The van der Waals surface area contributed by atoms with Crippen LogP contribution >= 0.6 is 0 Å². The maximum atomic E-state index is 9.81. The predicted octanol–water partition coefficient (Wildman–Crippen LogP) is -0.0928. The average Bonchev–Trinajstić information content (AvgIpc) is 2.10. The molecule has 0 saturated carbocycles. The summed E-state index contributed by atoms with van der Waals surface area (Å²) in [4.78, 5) is 58.9. The zero-order valence-electron chi connectivity index (χ0n) is 13.3. The van der Waals surface area contributed by atoms with Crippen molar-refractivity contribution < 1.29 is 43.0 Å². The predicted molar refractivity (Wildman–Crippen MR) is 73.1 cm³/mol. The lowest BCUT2D eigenvalue weighted by Gasteiger charge is -1.87. The van der Waals surface area contributed by atoms with Crippen molar-refractivity contribution in [2.75, 3.05) is 0 Å². The number of hydrogen-bond donors (Lipinski definition) is 0. The van der Waals surface area contributed by atoms with Crippen molar-refractivity contribution in [2.45, 2.75) is 41.5 Å². The third-order valence-corrected chi connectivity index (χ3v) is 0.862. The van der Waals surface area contributed by atoms with E-state index in [1.165, 1.54) is 41.5 Å². The lowest BCUT2D eigenvalue weighted by atomic mass is 10.7. The van der Waals surface area contributed by atoms with Gasteiger partial charge in [-0.15, -0.1) is 0 Å². The Morgan fingerprint density at radius 2 is 0.500 bits per heavy atom. The molecule has 0 aliphatic heterocycles. The molecule has 0 fully saturated rings. The Balaban J connectivity index is -0.000000108. The van der Waals surface area contributed by atoms with Gasteiger partial charge in [0.15, 0.2) is 0 Å². The molecule has 0 aromatic rings. The van der Waals surface area contributed by atoms with Crippen molar-refractivity contribution in [1.29, 1.82) is 0 Å². The van der Waals surface area contributed by atoms with Crippen LogP contribution in [-0.4, -0.2) is 53.2 Å². The molecule has 0 bridgehead atoms. The van der Waals surface area contributed by atoms with E-state index in [4.69, 9.17) is 0 Å². The summed E-state index contributed by atoms with van der Waals surface area (Å²) in [6, 6.07) is 0. The quantitative estimate of drug-likeness (QED) is 0.258. The molecule has 3 radical (unpaired) electrons. The Hall–Kier alpha value is -2.05. The number of esters is 6. The van der Waals surface area contributed by atoms with Crippen LogP contribution in [0.2, 0.25) is 0 Å². The molecular formula is C12H18AlO9. The fourth-order valence-corrected chi connectivity index (χ4v) is 0.607. The SMILES string of the molecule is CC(=O)OC(C)=O.CC(=O)OC(C)=O.CC(=O)OC(C)=O.[Al]. The standard InChI is InChI=1S/3C4H6O3.Al/c3*1-3(5)7-4(2)6;/h3*1-2H3;. The fourth-order valence-electron chi connectivity index (χ4n) is 0.607. The first kappa shape index (κ1) is 28.2. The first-order chi connectivity index (χ1) is 9.38. The molecule has 0 unspecified atom stereocenters. The summed E-state index contributed by atoms with van der Waals surface area (Å²) in [5.74, 6) is -3.37. The van der Waals surface area contributed by atoms with E-state index in [0.717, 1.165) is 0 Å². The van der Waals surface area contributed by atoms with Gasteiger partial charge in [-0.05, 0) is 0 Å². The Morgan fingerprint density at radius 3 is 0.500 bits per heavy atom. The number of hydrogen-bond acceptors (Lipinski definition) is 9. The molecule has 0 amide bonds. The van der Waals surface area contributed by atoms with E-state index >= 15 is 0 Å². The molecule has 0 atom stereocenters. The summed E-state index contributed by atoms with van der Waals surface area (Å²) in [6.07, 6.45) is 0. The van der Waals surface area contributed by atoms with Crippen LogP contribution in [0.3, 0.4) is 0 Å². The summed E-state index contributed by atoms with van der Waals surface area (Å²) in [7, 11) is 0. The van der Waals surface area contributed by atoms with Crippen LogP contribution in [0.25, 0.3) is 0 Å². The molecule has 0 N–H and O–H groups in total. The molecule has 0 aliphatic rings. The molecule has 10 heteroatoms. The minimum absolute atomic E-state index is 0. The smallest absolute Gasteiger partial charge is 0.310 e. The van der Waals surface area contributed by atoms with E-state index in [9.17, 15) is 28.8 Å². The molecule has 0 aromatic heterocycles. The molecule has 0 spiro atoms. The van der Waals surface area contributed by atoms with Crippen molar-refractivity contribution in [1.82, 2.24) is 0 Å². The third-order valence-electron chi connectivity index (χ3n) is 0.862. The van der Waals surface area contributed by atoms with Crippen molar-refractivity contribution >= 4 is 53.2 Å². The monoisotopic (exact) mass is 333 g/mol. The second kappa shape index (κ2) is 17.0. The van der Waals surface area contributed by atoms with Crippen LogP contribution in [0.4, 0.5) is 0 Å². The van der Waals surface area contributed by atoms with Crippen LogP contribution in [-0.2, 0) is 43.0 Å². The normalized spacial score (nSPS) is 7.36. The maximum absolute atomic E-state index is 9.81. The summed E-state index contributed by atoms with van der Waals surface area (Å²) in [5.41, 5.74) is 0. The highest BCUT2D eigenvalue weighted by molar-refractivity contribution is 5.83.